The number of halogens is 1. The molecule has 1 aliphatic rings. The molecule has 1 saturated heterocycles. The van der Waals surface area contributed by atoms with Crippen LogP contribution in [0.4, 0.5) is 0 Å². The number of aromatic nitrogens is 2. The maximum Gasteiger partial charge on any atom is 0.310 e. The molecule has 1 aromatic heterocycles. The zero-order valence-corrected chi connectivity index (χ0v) is 19.6. The van der Waals surface area contributed by atoms with Gasteiger partial charge in [0.2, 0.25) is 0 Å². The highest BCUT2D eigenvalue weighted by atomic mass is 127. The summed E-state index contributed by atoms with van der Waals surface area (Å²) in [7, 11) is 1.78. The molecule has 1 N–H and O–H groups in total. The molecule has 0 saturated carbocycles. The van der Waals surface area contributed by atoms with Crippen molar-refractivity contribution in [2.24, 2.45) is 10.9 Å². The number of nitrogens with one attached hydrogen (secondary N) is 1. The second-order valence-electron chi connectivity index (χ2n) is 6.97. The number of carbonyl (C=O) groups excluding carboxylic acids is 1. The van der Waals surface area contributed by atoms with Crippen LogP contribution in [0, 0.1) is 12.8 Å². The van der Waals surface area contributed by atoms with Crippen LogP contribution in [0.5, 0.6) is 0 Å². The van der Waals surface area contributed by atoms with E-state index in [9.17, 15) is 4.79 Å². The van der Waals surface area contributed by atoms with Gasteiger partial charge in [-0.1, -0.05) is 18.2 Å². The third kappa shape index (κ3) is 5.94. The number of aryl methyl sites for hydroxylation is 1. The molecule has 0 amide bonds. The molecular formula is C21H30IN5O2. The Kier molecular flexibility index (Phi) is 8.94. The van der Waals surface area contributed by atoms with Crippen molar-refractivity contribution in [3.63, 3.8) is 0 Å². The Hall–Kier alpha value is -2.10. The zero-order valence-electron chi connectivity index (χ0n) is 17.3. The maximum absolute atomic E-state index is 12.1. The van der Waals surface area contributed by atoms with E-state index >= 15 is 0 Å². The van der Waals surface area contributed by atoms with E-state index in [1.807, 2.05) is 42.9 Å². The molecule has 0 spiro atoms. The molecule has 3 rings (SSSR count). The molecule has 2 heterocycles. The third-order valence-corrected chi connectivity index (χ3v) is 4.95. The molecule has 0 radical (unpaired) electrons. The number of hydrogen-bond acceptors (Lipinski definition) is 4. The van der Waals surface area contributed by atoms with Crippen LogP contribution in [-0.4, -0.2) is 53.4 Å². The lowest BCUT2D eigenvalue weighted by Gasteiger charge is -2.34. The predicted octanol–water partition coefficient (Wildman–Crippen LogP) is 3.15. The zero-order chi connectivity index (χ0) is 19.9. The lowest BCUT2D eigenvalue weighted by atomic mass is 9.98. The van der Waals surface area contributed by atoms with Gasteiger partial charge in [-0.25, -0.2) is 4.68 Å². The molecule has 29 heavy (non-hydrogen) atoms. The van der Waals surface area contributed by atoms with Gasteiger partial charge in [-0.15, -0.1) is 24.0 Å². The number of aliphatic imine (C=N–C) groups is 1. The molecule has 0 bridgehead atoms. The number of ether oxygens (including phenoxy) is 1. The van der Waals surface area contributed by atoms with E-state index in [4.69, 9.17) is 4.74 Å². The fraction of sp³-hybridized carbons (Fsp3) is 0.476. The average molecular weight is 511 g/mol. The van der Waals surface area contributed by atoms with Crippen molar-refractivity contribution in [3.8, 4) is 5.69 Å². The molecule has 158 valence electrons. The average Bonchev–Trinajstić information content (AvgIpc) is 3.15. The monoisotopic (exact) mass is 511 g/mol. The van der Waals surface area contributed by atoms with E-state index in [0.717, 1.165) is 42.3 Å². The van der Waals surface area contributed by atoms with E-state index in [1.165, 1.54) is 0 Å². The van der Waals surface area contributed by atoms with E-state index < -0.39 is 0 Å². The molecule has 7 nitrogen and oxygen atoms in total. The van der Waals surface area contributed by atoms with Gasteiger partial charge in [0.15, 0.2) is 5.96 Å². The van der Waals surface area contributed by atoms with Crippen LogP contribution in [0.25, 0.3) is 5.69 Å². The first-order chi connectivity index (χ1) is 13.6. The number of hydrogen-bond donors (Lipinski definition) is 1. The van der Waals surface area contributed by atoms with Gasteiger partial charge in [-0.05, 0) is 44.4 Å². The second kappa shape index (κ2) is 11.2. The summed E-state index contributed by atoms with van der Waals surface area (Å²) in [5.74, 6) is 0.606. The summed E-state index contributed by atoms with van der Waals surface area (Å²) < 4.78 is 7.10. The van der Waals surface area contributed by atoms with Crippen LogP contribution in [0.15, 0.2) is 41.5 Å². The lowest BCUT2D eigenvalue weighted by Crippen LogP contribution is -2.48. The molecular weight excluding hydrogens is 481 g/mol. The fourth-order valence-electron chi connectivity index (χ4n) is 3.56. The Balaban J connectivity index is 0.00000300. The number of para-hydroxylation sites is 1. The largest absolute Gasteiger partial charge is 0.466 e. The van der Waals surface area contributed by atoms with Gasteiger partial charge in [0.25, 0.3) is 0 Å². The minimum absolute atomic E-state index is 0. The highest BCUT2D eigenvalue weighted by molar-refractivity contribution is 14.0. The van der Waals surface area contributed by atoms with Crippen molar-refractivity contribution < 1.29 is 9.53 Å². The smallest absolute Gasteiger partial charge is 0.310 e. The number of piperidine rings is 1. The normalized spacial score (nSPS) is 16.9. The van der Waals surface area contributed by atoms with Gasteiger partial charge in [0.1, 0.15) is 0 Å². The third-order valence-electron chi connectivity index (χ3n) is 4.95. The van der Waals surface area contributed by atoms with E-state index in [1.54, 1.807) is 7.05 Å². The van der Waals surface area contributed by atoms with Crippen molar-refractivity contribution in [1.82, 2.24) is 20.0 Å². The minimum Gasteiger partial charge on any atom is -0.466 e. The van der Waals surface area contributed by atoms with Gasteiger partial charge in [0.05, 0.1) is 23.9 Å². The lowest BCUT2D eigenvalue weighted by molar-refractivity contribution is -0.149. The van der Waals surface area contributed by atoms with Gasteiger partial charge in [-0.2, -0.15) is 5.10 Å². The van der Waals surface area contributed by atoms with Crippen molar-refractivity contribution in [2.45, 2.75) is 33.2 Å². The summed E-state index contributed by atoms with van der Waals surface area (Å²) in [6.07, 6.45) is 3.79. The van der Waals surface area contributed by atoms with Gasteiger partial charge < -0.3 is 15.0 Å². The predicted molar refractivity (Wildman–Crippen MR) is 125 cm³/mol. The van der Waals surface area contributed by atoms with Crippen LogP contribution in [0.3, 0.4) is 0 Å². The Morgan fingerprint density at radius 2 is 2.14 bits per heavy atom. The van der Waals surface area contributed by atoms with E-state index in [0.29, 0.717) is 19.7 Å². The topological polar surface area (TPSA) is 71.8 Å². The van der Waals surface area contributed by atoms with Gasteiger partial charge in [0, 0.05) is 32.9 Å². The fourth-order valence-corrected chi connectivity index (χ4v) is 3.56. The molecule has 2 aromatic rings. The van der Waals surface area contributed by atoms with Crippen LogP contribution >= 0.6 is 24.0 Å². The highest BCUT2D eigenvalue weighted by Gasteiger charge is 2.28. The first-order valence-corrected chi connectivity index (χ1v) is 9.85. The van der Waals surface area contributed by atoms with Crippen molar-refractivity contribution in [3.05, 3.63) is 47.8 Å². The Labute approximate surface area is 189 Å². The molecule has 1 fully saturated rings. The van der Waals surface area contributed by atoms with E-state index in [2.05, 4.69) is 32.4 Å². The summed E-state index contributed by atoms with van der Waals surface area (Å²) in [4.78, 5) is 18.7. The number of benzene rings is 1. The number of carbonyl (C=O) groups is 1. The number of likely N-dealkylation sites (tertiary alicyclic amines) is 1. The number of rotatable bonds is 5. The first kappa shape index (κ1) is 23.2. The molecule has 0 aliphatic carbocycles. The Morgan fingerprint density at radius 1 is 1.34 bits per heavy atom. The van der Waals surface area contributed by atoms with Crippen LogP contribution in [-0.2, 0) is 16.1 Å². The molecule has 8 heteroatoms. The molecule has 1 aromatic carbocycles. The van der Waals surface area contributed by atoms with Gasteiger partial charge >= 0.3 is 5.97 Å². The summed E-state index contributed by atoms with van der Waals surface area (Å²) in [5, 5.41) is 7.97. The van der Waals surface area contributed by atoms with Crippen LogP contribution in [0.2, 0.25) is 0 Å². The van der Waals surface area contributed by atoms with Crippen LogP contribution < -0.4 is 5.32 Å². The molecule has 1 atom stereocenters. The van der Waals surface area contributed by atoms with E-state index in [-0.39, 0.29) is 35.9 Å². The Morgan fingerprint density at radius 3 is 2.83 bits per heavy atom. The summed E-state index contributed by atoms with van der Waals surface area (Å²) in [6, 6.07) is 10.2. The summed E-state index contributed by atoms with van der Waals surface area (Å²) in [6.45, 7) is 6.40. The maximum atomic E-state index is 12.1. The number of guanidine groups is 1. The Bertz CT molecular complexity index is 836. The first-order valence-electron chi connectivity index (χ1n) is 9.85. The number of esters is 1. The standard InChI is InChI=1S/C21H29N5O2.HI/c1-4-28-20(27)18-9-7-12-25(15-18)21(22-3)23-14-17-8-5-6-10-19(17)26-13-11-16(2)24-26;/h5-6,8,10-11,13,18H,4,7,9,12,14-15H2,1-3H3,(H,22,23);1H/t18-;/m1./s1. The molecule has 0 unspecified atom stereocenters. The quantitative estimate of drug-likeness (QED) is 0.289. The minimum atomic E-state index is -0.109. The SMILES string of the molecule is CCOC(=O)[C@@H]1CCCN(C(=NC)NCc2ccccc2-n2ccc(C)n2)C1.I. The molecule has 1 aliphatic heterocycles. The number of nitrogens with zero attached hydrogens (tertiary/aromatic N) is 4. The van der Waals surface area contributed by atoms with Crippen molar-refractivity contribution >= 4 is 35.9 Å². The second-order valence-corrected chi connectivity index (χ2v) is 6.97. The van der Waals surface area contributed by atoms with Gasteiger partial charge in [-0.3, -0.25) is 9.79 Å². The van der Waals surface area contributed by atoms with Crippen LogP contribution in [0.1, 0.15) is 31.0 Å². The van der Waals surface area contributed by atoms with Crippen molar-refractivity contribution in [1.29, 1.82) is 0 Å². The summed E-state index contributed by atoms with van der Waals surface area (Å²) in [5.41, 5.74) is 3.16. The highest BCUT2D eigenvalue weighted by Crippen LogP contribution is 2.19. The summed E-state index contributed by atoms with van der Waals surface area (Å²) >= 11 is 0. The van der Waals surface area contributed by atoms with Crippen molar-refractivity contribution in [2.75, 3.05) is 26.7 Å².